The molecule has 2 nitrogen and oxygen atoms in total. The highest BCUT2D eigenvalue weighted by atomic mass is 16.2. The average Bonchev–Trinajstić information content (AvgIpc) is 3.23. The molecule has 3 rings (SSSR count). The van der Waals surface area contributed by atoms with Gasteiger partial charge in [-0.05, 0) is 87.5 Å². The molecule has 1 unspecified atom stereocenters. The summed E-state index contributed by atoms with van der Waals surface area (Å²) in [5.74, 6) is 1.55. The van der Waals surface area contributed by atoms with Crippen LogP contribution >= 0.6 is 0 Å². The van der Waals surface area contributed by atoms with E-state index in [9.17, 15) is 4.79 Å². The molecule has 2 aliphatic carbocycles. The van der Waals surface area contributed by atoms with E-state index in [2.05, 4.69) is 55.6 Å². The third-order valence-electron chi connectivity index (χ3n) is 5.58. The van der Waals surface area contributed by atoms with Gasteiger partial charge in [0.2, 0.25) is 5.91 Å². The Morgan fingerprint density at radius 2 is 1.46 bits per heavy atom. The number of fused-ring (bicyclic) bond motifs is 1. The Labute approximate surface area is 146 Å². The molecular weight excluding hydrogens is 294 g/mol. The summed E-state index contributed by atoms with van der Waals surface area (Å²) < 4.78 is 0. The van der Waals surface area contributed by atoms with Gasteiger partial charge in [0.25, 0.3) is 0 Å². The minimum Gasteiger partial charge on any atom is -0.326 e. The maximum atomic E-state index is 12.7. The topological polar surface area (TPSA) is 29.1 Å². The number of aryl methyl sites for hydroxylation is 2. The van der Waals surface area contributed by atoms with Gasteiger partial charge in [-0.25, -0.2) is 0 Å². The maximum Gasteiger partial charge on any atom is 0.228 e. The van der Waals surface area contributed by atoms with E-state index in [1.807, 2.05) is 6.07 Å². The largest absolute Gasteiger partial charge is 0.326 e. The van der Waals surface area contributed by atoms with E-state index in [1.165, 1.54) is 11.1 Å². The molecule has 0 spiro atoms. The number of carbonyl (C=O) groups is 1. The Bertz CT molecular complexity index is 619. The number of hydrogen-bond donors (Lipinski definition) is 1. The Hall–Kier alpha value is -1.83. The summed E-state index contributed by atoms with van der Waals surface area (Å²) in [5, 5.41) is 3.15. The zero-order valence-corrected chi connectivity index (χ0v) is 14.9. The lowest BCUT2D eigenvalue weighted by atomic mass is 10.1. The van der Waals surface area contributed by atoms with Gasteiger partial charge in [0.15, 0.2) is 0 Å². The molecular formula is C22H29NO. The summed E-state index contributed by atoms with van der Waals surface area (Å²) in [6.07, 6.45) is 16.0. The van der Waals surface area contributed by atoms with E-state index in [-0.39, 0.29) is 11.8 Å². The van der Waals surface area contributed by atoms with Crippen molar-refractivity contribution in [2.24, 2.45) is 17.8 Å². The van der Waals surface area contributed by atoms with Crippen LogP contribution in [0, 0.1) is 31.6 Å². The third-order valence-corrected chi connectivity index (χ3v) is 5.58. The first-order chi connectivity index (χ1) is 11.7. The van der Waals surface area contributed by atoms with Gasteiger partial charge in [-0.2, -0.15) is 0 Å². The van der Waals surface area contributed by atoms with Gasteiger partial charge in [0.05, 0.1) is 0 Å². The molecule has 128 valence electrons. The van der Waals surface area contributed by atoms with Crippen LogP contribution < -0.4 is 5.32 Å². The van der Waals surface area contributed by atoms with Crippen molar-refractivity contribution >= 4 is 11.6 Å². The van der Waals surface area contributed by atoms with Crippen molar-refractivity contribution < 1.29 is 4.79 Å². The lowest BCUT2D eigenvalue weighted by Crippen LogP contribution is -2.15. The highest BCUT2D eigenvalue weighted by Crippen LogP contribution is 2.52. The lowest BCUT2D eigenvalue weighted by molar-refractivity contribution is -0.117. The van der Waals surface area contributed by atoms with Crippen molar-refractivity contribution in [3.05, 3.63) is 53.6 Å². The fourth-order valence-corrected chi connectivity index (χ4v) is 3.91. The summed E-state index contributed by atoms with van der Waals surface area (Å²) >= 11 is 0. The van der Waals surface area contributed by atoms with E-state index >= 15 is 0 Å². The molecule has 2 aliphatic rings. The minimum atomic E-state index is 0.203. The predicted molar refractivity (Wildman–Crippen MR) is 101 cm³/mol. The molecule has 3 atom stereocenters. The van der Waals surface area contributed by atoms with Crippen LogP contribution in [0.1, 0.15) is 49.7 Å². The minimum absolute atomic E-state index is 0.203. The van der Waals surface area contributed by atoms with Crippen molar-refractivity contribution in [3.8, 4) is 0 Å². The number of rotatable bonds is 2. The number of benzene rings is 1. The quantitative estimate of drug-likeness (QED) is 0.708. The van der Waals surface area contributed by atoms with E-state index in [4.69, 9.17) is 0 Å². The van der Waals surface area contributed by atoms with Crippen LogP contribution in [0.4, 0.5) is 5.69 Å². The van der Waals surface area contributed by atoms with Crippen LogP contribution in [0.15, 0.2) is 42.5 Å². The Morgan fingerprint density at radius 1 is 0.875 bits per heavy atom. The number of carbonyl (C=O) groups excluding carboxylic acids is 1. The summed E-state index contributed by atoms with van der Waals surface area (Å²) in [6.45, 7) is 4.19. The van der Waals surface area contributed by atoms with Gasteiger partial charge in [-0.3, -0.25) is 4.79 Å². The van der Waals surface area contributed by atoms with Gasteiger partial charge < -0.3 is 5.32 Å². The van der Waals surface area contributed by atoms with Crippen molar-refractivity contribution in [2.45, 2.75) is 52.4 Å². The molecule has 1 aromatic carbocycles. The van der Waals surface area contributed by atoms with Gasteiger partial charge in [-0.1, -0.05) is 30.4 Å². The molecule has 1 aromatic rings. The standard InChI is InChI=1S/C22H29NO/c1-16-13-14-18(15-17(16)2)23-22(24)21-19-11-9-7-5-3-4-6-8-10-12-20(19)21/h5-8,13-15,19-21H,3-4,9-12H2,1-2H3,(H,23,24)/b7-5-,8-6+/t19-,20-,21?/m0/s1. The van der Waals surface area contributed by atoms with Crippen molar-refractivity contribution in [2.75, 3.05) is 5.32 Å². The highest BCUT2D eigenvalue weighted by Gasteiger charge is 2.52. The number of nitrogens with one attached hydrogen (secondary N) is 1. The van der Waals surface area contributed by atoms with Gasteiger partial charge >= 0.3 is 0 Å². The van der Waals surface area contributed by atoms with Gasteiger partial charge in [0.1, 0.15) is 0 Å². The summed E-state index contributed by atoms with van der Waals surface area (Å²) in [6, 6.07) is 6.17. The van der Waals surface area contributed by atoms with Crippen molar-refractivity contribution in [3.63, 3.8) is 0 Å². The number of amides is 1. The Balaban J connectivity index is 1.62. The molecule has 0 saturated heterocycles. The molecule has 0 aromatic heterocycles. The zero-order valence-electron chi connectivity index (χ0n) is 14.9. The first-order valence-electron chi connectivity index (χ1n) is 9.35. The molecule has 1 N–H and O–H groups in total. The molecule has 0 bridgehead atoms. The molecule has 0 radical (unpaired) electrons. The van der Waals surface area contributed by atoms with E-state index in [0.717, 1.165) is 44.2 Å². The third kappa shape index (κ3) is 4.17. The fourth-order valence-electron chi connectivity index (χ4n) is 3.91. The van der Waals surface area contributed by atoms with Crippen LogP contribution in [0.5, 0.6) is 0 Å². The second-order valence-electron chi connectivity index (χ2n) is 7.32. The normalized spacial score (nSPS) is 29.5. The van der Waals surface area contributed by atoms with E-state index in [0.29, 0.717) is 11.8 Å². The average molecular weight is 323 g/mol. The van der Waals surface area contributed by atoms with E-state index < -0.39 is 0 Å². The van der Waals surface area contributed by atoms with Gasteiger partial charge in [-0.15, -0.1) is 0 Å². The maximum absolute atomic E-state index is 12.7. The molecule has 1 saturated carbocycles. The van der Waals surface area contributed by atoms with Crippen molar-refractivity contribution in [1.29, 1.82) is 0 Å². The SMILES string of the molecule is Cc1ccc(NC(=O)C2[C@H]3CC/C=C\CC/C=C/CC[C@H]23)cc1C. The first-order valence-corrected chi connectivity index (χ1v) is 9.35. The summed E-state index contributed by atoms with van der Waals surface area (Å²) in [4.78, 5) is 12.7. The number of anilines is 1. The van der Waals surface area contributed by atoms with Crippen LogP contribution in [-0.2, 0) is 4.79 Å². The lowest BCUT2D eigenvalue weighted by Gasteiger charge is -2.07. The number of hydrogen-bond acceptors (Lipinski definition) is 1. The van der Waals surface area contributed by atoms with Crippen molar-refractivity contribution in [1.82, 2.24) is 0 Å². The smallest absolute Gasteiger partial charge is 0.228 e. The monoisotopic (exact) mass is 323 g/mol. The summed E-state index contributed by atoms with van der Waals surface area (Å²) in [5.41, 5.74) is 3.43. The zero-order chi connectivity index (χ0) is 16.9. The Morgan fingerprint density at radius 3 is 2.04 bits per heavy atom. The van der Waals surface area contributed by atoms with Gasteiger partial charge in [0, 0.05) is 11.6 Å². The molecule has 1 amide bonds. The molecule has 1 fully saturated rings. The predicted octanol–water partition coefficient (Wildman–Crippen LogP) is 5.57. The highest BCUT2D eigenvalue weighted by molar-refractivity contribution is 5.95. The second kappa shape index (κ2) is 7.83. The van der Waals surface area contributed by atoms with E-state index in [1.54, 1.807) is 0 Å². The fraction of sp³-hybridized carbons (Fsp3) is 0.500. The van der Waals surface area contributed by atoms with Crippen LogP contribution in [-0.4, -0.2) is 5.91 Å². The second-order valence-corrected chi connectivity index (χ2v) is 7.32. The first kappa shape index (κ1) is 17.0. The van der Waals surface area contributed by atoms with Crippen LogP contribution in [0.3, 0.4) is 0 Å². The Kier molecular flexibility index (Phi) is 5.55. The van der Waals surface area contributed by atoms with Crippen LogP contribution in [0.2, 0.25) is 0 Å². The summed E-state index contributed by atoms with van der Waals surface area (Å²) in [7, 11) is 0. The van der Waals surface area contributed by atoms with Crippen LogP contribution in [0.25, 0.3) is 0 Å². The molecule has 24 heavy (non-hydrogen) atoms. The molecule has 2 heteroatoms. The molecule has 0 heterocycles. The number of allylic oxidation sites excluding steroid dienone is 4. The molecule has 0 aliphatic heterocycles.